The number of furan rings is 1. The van der Waals surface area contributed by atoms with Crippen molar-refractivity contribution in [1.82, 2.24) is 20.4 Å². The smallest absolute Gasteiger partial charge is 0.191 e. The van der Waals surface area contributed by atoms with E-state index in [1.165, 1.54) is 0 Å². The molecule has 2 heterocycles. The Morgan fingerprint density at radius 3 is 2.91 bits per heavy atom. The van der Waals surface area contributed by atoms with E-state index in [0.29, 0.717) is 6.54 Å². The van der Waals surface area contributed by atoms with E-state index in [2.05, 4.69) is 27.0 Å². The van der Waals surface area contributed by atoms with Crippen molar-refractivity contribution in [3.05, 3.63) is 42.1 Å². The van der Waals surface area contributed by atoms with Crippen molar-refractivity contribution in [2.24, 2.45) is 12.0 Å². The summed E-state index contributed by atoms with van der Waals surface area (Å²) in [5.74, 6) is 2.84. The molecular formula is C15H23N5OS. The van der Waals surface area contributed by atoms with E-state index >= 15 is 0 Å². The van der Waals surface area contributed by atoms with Crippen LogP contribution in [0.1, 0.15) is 11.5 Å². The molecule has 2 aromatic heterocycles. The van der Waals surface area contributed by atoms with E-state index in [-0.39, 0.29) is 0 Å². The summed E-state index contributed by atoms with van der Waals surface area (Å²) in [6.45, 7) is 2.27. The number of aromatic nitrogens is 2. The van der Waals surface area contributed by atoms with Crippen LogP contribution in [0.25, 0.3) is 0 Å². The van der Waals surface area contributed by atoms with Crippen molar-refractivity contribution in [2.75, 3.05) is 25.1 Å². The van der Waals surface area contributed by atoms with Gasteiger partial charge in [-0.25, -0.2) is 4.99 Å². The molecular weight excluding hydrogens is 298 g/mol. The number of guanidine groups is 1. The van der Waals surface area contributed by atoms with E-state index in [9.17, 15) is 0 Å². The number of nitrogens with one attached hydrogen (secondary N) is 2. The second-order valence-electron chi connectivity index (χ2n) is 4.79. The topological polar surface area (TPSA) is 67.4 Å². The van der Waals surface area contributed by atoms with Crippen molar-refractivity contribution in [3.8, 4) is 0 Å². The van der Waals surface area contributed by atoms with Gasteiger partial charge >= 0.3 is 0 Å². The molecule has 0 unspecified atom stereocenters. The number of hydrogen-bond donors (Lipinski definition) is 2. The molecule has 6 nitrogen and oxygen atoms in total. The molecule has 0 saturated carbocycles. The lowest BCUT2D eigenvalue weighted by atomic mass is 10.3. The molecule has 0 aromatic carbocycles. The summed E-state index contributed by atoms with van der Waals surface area (Å²) in [4.78, 5) is 4.61. The average molecular weight is 321 g/mol. The van der Waals surface area contributed by atoms with Gasteiger partial charge in [0.25, 0.3) is 0 Å². The Labute approximate surface area is 135 Å². The zero-order chi connectivity index (χ0) is 15.6. The van der Waals surface area contributed by atoms with Crippen LogP contribution in [-0.4, -0.2) is 40.8 Å². The van der Waals surface area contributed by atoms with E-state index < -0.39 is 0 Å². The zero-order valence-electron chi connectivity index (χ0n) is 13.1. The molecule has 22 heavy (non-hydrogen) atoms. The summed E-state index contributed by atoms with van der Waals surface area (Å²) in [5, 5.41) is 10.8. The molecule has 7 heteroatoms. The highest BCUT2D eigenvalue weighted by Gasteiger charge is 2.02. The Hall–Kier alpha value is -1.89. The van der Waals surface area contributed by atoms with E-state index in [1.807, 2.05) is 41.7 Å². The van der Waals surface area contributed by atoms with Crippen LogP contribution in [0, 0.1) is 0 Å². The summed E-state index contributed by atoms with van der Waals surface area (Å²) in [7, 11) is 1.93. The van der Waals surface area contributed by atoms with E-state index in [0.717, 1.165) is 42.7 Å². The molecule has 2 aromatic rings. The lowest BCUT2D eigenvalue weighted by Crippen LogP contribution is -2.39. The molecule has 120 valence electrons. The van der Waals surface area contributed by atoms with Crippen molar-refractivity contribution in [1.29, 1.82) is 0 Å². The monoisotopic (exact) mass is 321 g/mol. The quantitative estimate of drug-likeness (QED) is 0.440. The van der Waals surface area contributed by atoms with Crippen molar-refractivity contribution in [2.45, 2.75) is 13.0 Å². The summed E-state index contributed by atoms with van der Waals surface area (Å²) in [5.41, 5.74) is 1.08. The van der Waals surface area contributed by atoms with Crippen LogP contribution in [0.2, 0.25) is 0 Å². The van der Waals surface area contributed by atoms with Crippen molar-refractivity contribution >= 4 is 17.7 Å². The predicted octanol–water partition coefficient (Wildman–Crippen LogP) is 1.65. The lowest BCUT2D eigenvalue weighted by Gasteiger charge is -2.12. The maximum Gasteiger partial charge on any atom is 0.191 e. The first-order valence-corrected chi connectivity index (χ1v) is 8.69. The van der Waals surface area contributed by atoms with Crippen molar-refractivity contribution in [3.63, 3.8) is 0 Å². The Morgan fingerprint density at radius 2 is 2.23 bits per heavy atom. The van der Waals surface area contributed by atoms with Crippen LogP contribution >= 0.6 is 11.8 Å². The highest BCUT2D eigenvalue weighted by atomic mass is 32.2. The number of thioether (sulfide) groups is 1. The van der Waals surface area contributed by atoms with E-state index in [4.69, 9.17) is 4.42 Å². The van der Waals surface area contributed by atoms with Gasteiger partial charge in [-0.2, -0.15) is 16.9 Å². The molecule has 0 aliphatic rings. The van der Waals surface area contributed by atoms with Crippen LogP contribution < -0.4 is 10.6 Å². The number of aryl methyl sites for hydroxylation is 1. The number of rotatable bonds is 8. The molecule has 0 aliphatic carbocycles. The third-order valence-electron chi connectivity index (χ3n) is 3.16. The number of aliphatic imine (C=N–C) groups is 1. The van der Waals surface area contributed by atoms with Gasteiger partial charge in [-0.1, -0.05) is 0 Å². The molecule has 0 aliphatic heterocycles. The third-order valence-corrected chi connectivity index (χ3v) is 3.78. The van der Waals surface area contributed by atoms with Crippen LogP contribution in [0.3, 0.4) is 0 Å². The average Bonchev–Trinajstić information content (AvgIpc) is 3.16. The molecule has 0 amide bonds. The Kier molecular flexibility index (Phi) is 6.89. The molecule has 0 fully saturated rings. The van der Waals surface area contributed by atoms with Gasteiger partial charge in [-0.05, 0) is 24.5 Å². The largest absolute Gasteiger partial charge is 0.469 e. The first-order valence-electron chi connectivity index (χ1n) is 7.30. The summed E-state index contributed by atoms with van der Waals surface area (Å²) >= 11 is 1.81. The molecule has 0 saturated heterocycles. The minimum Gasteiger partial charge on any atom is -0.469 e. The van der Waals surface area contributed by atoms with Gasteiger partial charge in [0.05, 0.1) is 18.5 Å². The van der Waals surface area contributed by atoms with Gasteiger partial charge in [-0.15, -0.1) is 0 Å². The minimum absolute atomic E-state index is 0.603. The molecule has 0 bridgehead atoms. The fraction of sp³-hybridized carbons (Fsp3) is 0.467. The maximum absolute atomic E-state index is 5.33. The van der Waals surface area contributed by atoms with Gasteiger partial charge in [0.15, 0.2) is 5.96 Å². The van der Waals surface area contributed by atoms with Crippen LogP contribution in [0.5, 0.6) is 0 Å². The molecule has 0 atom stereocenters. The van der Waals surface area contributed by atoms with Gasteiger partial charge in [0, 0.05) is 38.5 Å². The molecule has 0 radical (unpaired) electrons. The second-order valence-corrected chi connectivity index (χ2v) is 5.77. The van der Waals surface area contributed by atoms with Crippen molar-refractivity contribution < 1.29 is 4.42 Å². The normalized spacial score (nSPS) is 11.6. The standard InChI is InChI=1S/C15H23N5OS/c1-20-13(5-8-19-20)12-18-15(17-9-11-22-2)16-7-6-14-4-3-10-21-14/h3-5,8,10H,6-7,9,11-12H2,1-2H3,(H2,16,17,18). The van der Waals surface area contributed by atoms with Gasteiger partial charge < -0.3 is 15.1 Å². The van der Waals surface area contributed by atoms with Crippen LogP contribution in [-0.2, 0) is 20.0 Å². The second kappa shape index (κ2) is 9.19. The third kappa shape index (κ3) is 5.48. The summed E-state index contributed by atoms with van der Waals surface area (Å²) in [6.07, 6.45) is 6.42. The van der Waals surface area contributed by atoms with Crippen LogP contribution in [0.4, 0.5) is 0 Å². The predicted molar refractivity (Wildman–Crippen MR) is 91.1 cm³/mol. The zero-order valence-corrected chi connectivity index (χ0v) is 13.9. The first-order chi connectivity index (χ1) is 10.8. The highest BCUT2D eigenvalue weighted by molar-refractivity contribution is 7.98. The van der Waals surface area contributed by atoms with E-state index in [1.54, 1.807) is 12.5 Å². The van der Waals surface area contributed by atoms with Gasteiger partial charge in [0.1, 0.15) is 5.76 Å². The van der Waals surface area contributed by atoms with Crippen LogP contribution in [0.15, 0.2) is 40.1 Å². The Bertz CT molecular complexity index is 564. The Morgan fingerprint density at radius 1 is 1.36 bits per heavy atom. The Balaban J connectivity index is 1.85. The molecule has 0 spiro atoms. The fourth-order valence-electron chi connectivity index (χ4n) is 1.92. The number of hydrogen-bond acceptors (Lipinski definition) is 4. The maximum atomic E-state index is 5.33. The summed E-state index contributed by atoms with van der Waals surface area (Å²) < 4.78 is 7.17. The minimum atomic E-state index is 0.603. The SMILES string of the molecule is CSCCNC(=NCc1ccnn1C)NCCc1ccco1. The summed E-state index contributed by atoms with van der Waals surface area (Å²) in [6, 6.07) is 5.87. The first kappa shape index (κ1) is 16.5. The number of nitrogens with zero attached hydrogens (tertiary/aromatic N) is 3. The van der Waals surface area contributed by atoms with Gasteiger partial charge in [-0.3, -0.25) is 4.68 Å². The van der Waals surface area contributed by atoms with Gasteiger partial charge in [0.2, 0.25) is 0 Å². The lowest BCUT2D eigenvalue weighted by molar-refractivity contribution is 0.507. The highest BCUT2D eigenvalue weighted by Crippen LogP contribution is 2.00. The molecule has 2 rings (SSSR count). The molecule has 2 N–H and O–H groups in total. The fourth-order valence-corrected chi connectivity index (χ4v) is 2.23.